The van der Waals surface area contributed by atoms with Gasteiger partial charge in [-0.05, 0) is 36.3 Å². The molecule has 0 spiro atoms. The first-order chi connectivity index (χ1) is 7.79. The molecule has 2 unspecified atom stereocenters. The van der Waals surface area contributed by atoms with Crippen LogP contribution in [-0.2, 0) is 6.42 Å². The van der Waals surface area contributed by atoms with Crippen molar-refractivity contribution < 1.29 is 0 Å². The Hall–Kier alpha value is -0.890. The van der Waals surface area contributed by atoms with Gasteiger partial charge in [-0.2, -0.15) is 0 Å². The molecule has 0 aromatic carbocycles. The molecule has 0 bridgehead atoms. The van der Waals surface area contributed by atoms with Crippen molar-refractivity contribution in [3.8, 4) is 0 Å². The molecule has 2 N–H and O–H groups in total. The van der Waals surface area contributed by atoms with E-state index in [1.807, 2.05) is 6.20 Å². The quantitative estimate of drug-likeness (QED) is 0.868. The van der Waals surface area contributed by atoms with Gasteiger partial charge in [0.2, 0.25) is 0 Å². The van der Waals surface area contributed by atoms with E-state index >= 15 is 0 Å². The summed E-state index contributed by atoms with van der Waals surface area (Å²) < 4.78 is 0. The molecule has 0 radical (unpaired) electrons. The molecule has 0 aliphatic heterocycles. The zero-order valence-corrected chi connectivity index (χ0v) is 11.8. The number of pyridine rings is 1. The van der Waals surface area contributed by atoms with Gasteiger partial charge in [0, 0.05) is 24.4 Å². The fraction of sp³-hybridized carbons (Fsp3) is 0.667. The van der Waals surface area contributed by atoms with Crippen LogP contribution in [0.5, 0.6) is 0 Å². The predicted molar refractivity (Wildman–Crippen MR) is 73.9 cm³/mol. The summed E-state index contributed by atoms with van der Waals surface area (Å²) in [4.78, 5) is 4.41. The maximum Gasteiger partial charge on any atom is 0.0419 e. The normalized spacial score (nSPS) is 15.6. The third-order valence-electron chi connectivity index (χ3n) is 3.58. The Bertz CT molecular complexity index is 335. The summed E-state index contributed by atoms with van der Waals surface area (Å²) in [5.74, 6) is 0.628. The molecule has 0 aliphatic carbocycles. The van der Waals surface area contributed by atoms with Crippen LogP contribution >= 0.6 is 0 Å². The fourth-order valence-corrected chi connectivity index (χ4v) is 1.78. The Morgan fingerprint density at radius 2 is 1.94 bits per heavy atom. The average molecular weight is 234 g/mol. The molecule has 0 saturated heterocycles. The van der Waals surface area contributed by atoms with E-state index in [4.69, 9.17) is 5.73 Å². The zero-order valence-electron chi connectivity index (χ0n) is 11.8. The summed E-state index contributed by atoms with van der Waals surface area (Å²) in [7, 11) is 0. The van der Waals surface area contributed by atoms with Crippen LogP contribution in [0.4, 0.5) is 0 Å². The highest BCUT2D eigenvalue weighted by atomic mass is 14.7. The minimum atomic E-state index is 0.208. The van der Waals surface area contributed by atoms with E-state index in [2.05, 4.69) is 51.7 Å². The van der Waals surface area contributed by atoms with E-state index < -0.39 is 0 Å². The lowest BCUT2D eigenvalue weighted by atomic mass is 9.78. The summed E-state index contributed by atoms with van der Waals surface area (Å²) in [6, 6.07) is 4.39. The Balaban J connectivity index is 2.50. The standard InChI is InChI=1S/C15H26N2/c1-11-6-7-14(17-10-11)9-13(16)8-12(2)15(3,4)5/h6-7,10,12-13H,8-9,16H2,1-5H3. The summed E-state index contributed by atoms with van der Waals surface area (Å²) in [6.45, 7) is 11.2. The molecule has 1 aromatic heterocycles. The monoisotopic (exact) mass is 234 g/mol. The number of rotatable bonds is 4. The van der Waals surface area contributed by atoms with Gasteiger partial charge in [-0.15, -0.1) is 0 Å². The van der Waals surface area contributed by atoms with E-state index in [1.54, 1.807) is 0 Å². The van der Waals surface area contributed by atoms with E-state index in [0.29, 0.717) is 11.3 Å². The Morgan fingerprint density at radius 3 is 2.41 bits per heavy atom. The largest absolute Gasteiger partial charge is 0.327 e. The minimum Gasteiger partial charge on any atom is -0.327 e. The van der Waals surface area contributed by atoms with E-state index in [9.17, 15) is 0 Å². The lowest BCUT2D eigenvalue weighted by molar-refractivity contribution is 0.232. The van der Waals surface area contributed by atoms with Crippen LogP contribution in [0, 0.1) is 18.3 Å². The number of nitrogens with zero attached hydrogens (tertiary/aromatic N) is 1. The average Bonchev–Trinajstić information content (AvgIpc) is 2.20. The van der Waals surface area contributed by atoms with Crippen molar-refractivity contribution in [2.45, 2.75) is 53.5 Å². The SMILES string of the molecule is Cc1ccc(CC(N)CC(C)C(C)(C)C)nc1. The second-order valence-corrected chi connectivity index (χ2v) is 6.29. The van der Waals surface area contributed by atoms with Gasteiger partial charge in [-0.1, -0.05) is 33.8 Å². The van der Waals surface area contributed by atoms with Gasteiger partial charge < -0.3 is 5.73 Å². The smallest absolute Gasteiger partial charge is 0.0419 e. The number of aromatic nitrogens is 1. The predicted octanol–water partition coefficient (Wildman–Crippen LogP) is 3.33. The van der Waals surface area contributed by atoms with E-state index in [1.165, 1.54) is 5.56 Å². The Morgan fingerprint density at radius 1 is 1.29 bits per heavy atom. The maximum absolute atomic E-state index is 6.20. The van der Waals surface area contributed by atoms with Crippen molar-refractivity contribution in [1.82, 2.24) is 4.98 Å². The lowest BCUT2D eigenvalue weighted by Gasteiger charge is -2.29. The molecule has 0 fully saturated rings. The Kier molecular flexibility index (Phi) is 4.70. The molecule has 0 saturated carbocycles. The van der Waals surface area contributed by atoms with Gasteiger partial charge in [-0.25, -0.2) is 0 Å². The van der Waals surface area contributed by atoms with Gasteiger partial charge in [0.1, 0.15) is 0 Å². The summed E-state index contributed by atoms with van der Waals surface area (Å²) in [5, 5.41) is 0. The van der Waals surface area contributed by atoms with Gasteiger partial charge in [-0.3, -0.25) is 4.98 Å². The van der Waals surface area contributed by atoms with Crippen molar-refractivity contribution >= 4 is 0 Å². The van der Waals surface area contributed by atoms with Crippen LogP contribution in [0.15, 0.2) is 18.3 Å². The van der Waals surface area contributed by atoms with Crippen LogP contribution in [0.1, 0.15) is 45.4 Å². The van der Waals surface area contributed by atoms with Crippen LogP contribution in [0.25, 0.3) is 0 Å². The van der Waals surface area contributed by atoms with Gasteiger partial charge in [0.05, 0.1) is 0 Å². The number of nitrogens with two attached hydrogens (primary N) is 1. The van der Waals surface area contributed by atoms with Crippen LogP contribution < -0.4 is 5.73 Å². The highest BCUT2D eigenvalue weighted by molar-refractivity contribution is 5.13. The summed E-state index contributed by atoms with van der Waals surface area (Å²) in [6.07, 6.45) is 3.84. The van der Waals surface area contributed by atoms with Crippen LogP contribution in [-0.4, -0.2) is 11.0 Å². The van der Waals surface area contributed by atoms with Crippen LogP contribution in [0.3, 0.4) is 0 Å². The van der Waals surface area contributed by atoms with Gasteiger partial charge in [0.15, 0.2) is 0 Å². The van der Waals surface area contributed by atoms with Crippen molar-refractivity contribution in [3.63, 3.8) is 0 Å². The van der Waals surface area contributed by atoms with Gasteiger partial charge >= 0.3 is 0 Å². The molecule has 2 atom stereocenters. The molecule has 17 heavy (non-hydrogen) atoms. The summed E-state index contributed by atoms with van der Waals surface area (Å²) in [5.41, 5.74) is 8.83. The van der Waals surface area contributed by atoms with Crippen molar-refractivity contribution in [1.29, 1.82) is 0 Å². The van der Waals surface area contributed by atoms with Crippen molar-refractivity contribution in [2.75, 3.05) is 0 Å². The second kappa shape index (κ2) is 5.63. The van der Waals surface area contributed by atoms with E-state index in [-0.39, 0.29) is 6.04 Å². The molecule has 2 heteroatoms. The number of hydrogen-bond acceptors (Lipinski definition) is 2. The minimum absolute atomic E-state index is 0.208. The van der Waals surface area contributed by atoms with E-state index in [0.717, 1.165) is 18.5 Å². The van der Waals surface area contributed by atoms with Gasteiger partial charge in [0.25, 0.3) is 0 Å². The zero-order chi connectivity index (χ0) is 13.1. The highest BCUT2D eigenvalue weighted by Gasteiger charge is 2.22. The van der Waals surface area contributed by atoms with Crippen molar-refractivity contribution in [3.05, 3.63) is 29.6 Å². The number of aryl methyl sites for hydroxylation is 1. The van der Waals surface area contributed by atoms with Crippen LogP contribution in [0.2, 0.25) is 0 Å². The third kappa shape index (κ3) is 4.86. The molecule has 1 heterocycles. The first-order valence-electron chi connectivity index (χ1n) is 6.46. The topological polar surface area (TPSA) is 38.9 Å². The summed E-state index contributed by atoms with van der Waals surface area (Å²) >= 11 is 0. The molecule has 0 amide bonds. The second-order valence-electron chi connectivity index (χ2n) is 6.29. The third-order valence-corrected chi connectivity index (χ3v) is 3.58. The molecular weight excluding hydrogens is 208 g/mol. The molecule has 0 aliphatic rings. The molecular formula is C15H26N2. The molecule has 96 valence electrons. The molecule has 1 rings (SSSR count). The fourth-order valence-electron chi connectivity index (χ4n) is 1.78. The molecule has 2 nitrogen and oxygen atoms in total. The highest BCUT2D eigenvalue weighted by Crippen LogP contribution is 2.29. The first kappa shape index (κ1) is 14.2. The Labute approximate surface area is 106 Å². The first-order valence-corrected chi connectivity index (χ1v) is 6.46. The maximum atomic E-state index is 6.20. The number of hydrogen-bond donors (Lipinski definition) is 1. The van der Waals surface area contributed by atoms with Crippen molar-refractivity contribution in [2.24, 2.45) is 17.1 Å². The lowest BCUT2D eigenvalue weighted by Crippen LogP contribution is -2.30. The molecule has 1 aromatic rings.